The van der Waals surface area contributed by atoms with Gasteiger partial charge in [-0.2, -0.15) is 0 Å². The van der Waals surface area contributed by atoms with Gasteiger partial charge in [0, 0.05) is 43.4 Å². The van der Waals surface area contributed by atoms with E-state index in [1.807, 2.05) is 10.8 Å². The van der Waals surface area contributed by atoms with Crippen molar-refractivity contribution in [2.45, 2.75) is 19.0 Å². The molecule has 1 atom stereocenters. The van der Waals surface area contributed by atoms with Crippen molar-refractivity contribution in [3.05, 3.63) is 84.0 Å². The molecular formula is C23H21FN4O4. The number of aryl methyl sites for hydroxylation is 1. The van der Waals surface area contributed by atoms with E-state index in [4.69, 9.17) is 4.74 Å². The summed E-state index contributed by atoms with van der Waals surface area (Å²) in [6.07, 6.45) is 8.82. The summed E-state index contributed by atoms with van der Waals surface area (Å²) >= 11 is 0. The maximum atomic E-state index is 14.2. The minimum Gasteiger partial charge on any atom is -0.507 e. The van der Waals surface area contributed by atoms with Gasteiger partial charge in [-0.3, -0.25) is 14.6 Å². The number of carbonyl (C=O) groups excluding carboxylic acids is 2. The molecule has 0 spiro atoms. The van der Waals surface area contributed by atoms with E-state index in [0.717, 1.165) is 6.07 Å². The number of hydrogen-bond acceptors (Lipinski definition) is 6. The molecule has 9 heteroatoms. The lowest BCUT2D eigenvalue weighted by atomic mass is 9.96. The molecule has 2 aromatic heterocycles. The number of nitrogens with zero attached hydrogens (tertiary/aromatic N) is 4. The van der Waals surface area contributed by atoms with Gasteiger partial charge in [-0.1, -0.05) is 0 Å². The van der Waals surface area contributed by atoms with Crippen LogP contribution in [-0.2, 0) is 16.1 Å². The Bertz CT molecular complexity index is 1160. The third kappa shape index (κ3) is 3.96. The number of imidazole rings is 1. The number of methoxy groups -OCH3 is 1. The van der Waals surface area contributed by atoms with Crippen LogP contribution >= 0.6 is 0 Å². The molecule has 1 N–H and O–H groups in total. The molecule has 1 aromatic carbocycles. The van der Waals surface area contributed by atoms with Gasteiger partial charge < -0.3 is 19.3 Å². The van der Waals surface area contributed by atoms with Gasteiger partial charge in [0.25, 0.3) is 11.7 Å². The lowest BCUT2D eigenvalue weighted by Gasteiger charge is -2.25. The Kier molecular flexibility index (Phi) is 5.98. The quantitative estimate of drug-likeness (QED) is 0.348. The van der Waals surface area contributed by atoms with Gasteiger partial charge in [-0.05, 0) is 42.3 Å². The first-order chi connectivity index (χ1) is 15.5. The lowest BCUT2D eigenvalue weighted by molar-refractivity contribution is -0.139. The summed E-state index contributed by atoms with van der Waals surface area (Å²) < 4.78 is 21.0. The number of likely N-dealkylation sites (tertiary alicyclic amines) is 1. The van der Waals surface area contributed by atoms with Gasteiger partial charge in [-0.25, -0.2) is 9.37 Å². The molecule has 1 amide bonds. The molecule has 0 bridgehead atoms. The molecule has 1 aliphatic heterocycles. The van der Waals surface area contributed by atoms with Crippen molar-refractivity contribution < 1.29 is 23.8 Å². The molecule has 1 aliphatic rings. The van der Waals surface area contributed by atoms with Crippen molar-refractivity contribution in [3.8, 4) is 5.75 Å². The molecule has 3 heterocycles. The summed E-state index contributed by atoms with van der Waals surface area (Å²) in [5, 5.41) is 11.0. The fourth-order valence-electron chi connectivity index (χ4n) is 3.81. The van der Waals surface area contributed by atoms with Gasteiger partial charge in [0.15, 0.2) is 11.6 Å². The van der Waals surface area contributed by atoms with Crippen molar-refractivity contribution in [1.82, 2.24) is 19.4 Å². The Morgan fingerprint density at radius 1 is 1.12 bits per heavy atom. The van der Waals surface area contributed by atoms with E-state index < -0.39 is 29.3 Å². The largest absolute Gasteiger partial charge is 0.507 e. The standard InChI is InChI=1S/C23H21FN4O4/c1-32-18-4-3-16(13-17(18)24)21(29)19-20(15-5-7-25-8-6-15)28(23(31)22(19)30)11-2-10-27-12-9-26-14-27/h3-9,12-14,20,29H,2,10-11H2,1H3. The third-order valence-corrected chi connectivity index (χ3v) is 5.36. The number of amides is 1. The number of aliphatic hydroxyl groups excluding tert-OH is 1. The maximum Gasteiger partial charge on any atom is 0.295 e. The summed E-state index contributed by atoms with van der Waals surface area (Å²) in [6.45, 7) is 0.888. The number of carbonyl (C=O) groups is 2. The number of rotatable bonds is 7. The van der Waals surface area contributed by atoms with E-state index in [-0.39, 0.29) is 23.4 Å². The summed E-state index contributed by atoms with van der Waals surface area (Å²) in [7, 11) is 1.33. The van der Waals surface area contributed by atoms with E-state index in [1.165, 1.54) is 24.1 Å². The molecule has 1 fully saturated rings. The Morgan fingerprint density at radius 3 is 2.56 bits per heavy atom. The normalized spacial score (nSPS) is 17.7. The lowest BCUT2D eigenvalue weighted by Crippen LogP contribution is -2.31. The van der Waals surface area contributed by atoms with Crippen LogP contribution in [0.3, 0.4) is 0 Å². The molecule has 0 saturated carbocycles. The molecule has 4 rings (SSSR count). The van der Waals surface area contributed by atoms with Crippen molar-refractivity contribution >= 4 is 17.4 Å². The van der Waals surface area contributed by atoms with Gasteiger partial charge in [0.05, 0.1) is 25.1 Å². The number of Topliss-reactive ketones (excluding diaryl/α,β-unsaturated/α-hetero) is 1. The summed E-state index contributed by atoms with van der Waals surface area (Å²) in [6, 6.07) is 6.42. The number of ketones is 1. The van der Waals surface area contributed by atoms with Gasteiger partial charge >= 0.3 is 0 Å². The minimum atomic E-state index is -0.817. The highest BCUT2D eigenvalue weighted by atomic mass is 19.1. The molecule has 1 unspecified atom stereocenters. The molecule has 0 radical (unpaired) electrons. The molecule has 8 nitrogen and oxygen atoms in total. The van der Waals surface area contributed by atoms with Crippen LogP contribution in [0.5, 0.6) is 5.75 Å². The Balaban J connectivity index is 1.72. The fraction of sp³-hybridized carbons (Fsp3) is 0.217. The van der Waals surface area contributed by atoms with Crippen molar-refractivity contribution in [2.75, 3.05) is 13.7 Å². The van der Waals surface area contributed by atoms with E-state index in [2.05, 4.69) is 9.97 Å². The van der Waals surface area contributed by atoms with Crippen LogP contribution in [0.15, 0.2) is 67.0 Å². The highest BCUT2D eigenvalue weighted by Crippen LogP contribution is 2.39. The summed E-state index contributed by atoms with van der Waals surface area (Å²) in [5.74, 6) is -2.65. The number of ether oxygens (including phenoxy) is 1. The highest BCUT2D eigenvalue weighted by Gasteiger charge is 2.45. The molecular weight excluding hydrogens is 415 g/mol. The first kappa shape index (κ1) is 21.2. The van der Waals surface area contributed by atoms with Gasteiger partial charge in [-0.15, -0.1) is 0 Å². The van der Waals surface area contributed by atoms with Gasteiger partial charge in [0.2, 0.25) is 0 Å². The van der Waals surface area contributed by atoms with Crippen LogP contribution in [0.1, 0.15) is 23.6 Å². The Labute approximate surface area is 183 Å². The monoisotopic (exact) mass is 436 g/mol. The number of hydrogen-bond donors (Lipinski definition) is 1. The fourth-order valence-corrected chi connectivity index (χ4v) is 3.81. The molecule has 0 aliphatic carbocycles. The smallest absolute Gasteiger partial charge is 0.295 e. The van der Waals surface area contributed by atoms with Crippen LogP contribution in [0.2, 0.25) is 0 Å². The minimum absolute atomic E-state index is 0.00665. The second kappa shape index (κ2) is 9.01. The average Bonchev–Trinajstić information content (AvgIpc) is 3.41. The van der Waals surface area contributed by atoms with Crippen LogP contribution in [0, 0.1) is 5.82 Å². The predicted octanol–water partition coefficient (Wildman–Crippen LogP) is 2.94. The van der Waals surface area contributed by atoms with Crippen molar-refractivity contribution in [2.24, 2.45) is 0 Å². The average molecular weight is 436 g/mol. The maximum absolute atomic E-state index is 14.2. The van der Waals surface area contributed by atoms with Gasteiger partial charge in [0.1, 0.15) is 5.76 Å². The Hall–Kier alpha value is -4.01. The molecule has 1 saturated heterocycles. The van der Waals surface area contributed by atoms with E-state index in [9.17, 15) is 19.1 Å². The topological polar surface area (TPSA) is 97.6 Å². The number of aromatic nitrogens is 3. The van der Waals surface area contributed by atoms with E-state index >= 15 is 0 Å². The van der Waals surface area contributed by atoms with E-state index in [1.54, 1.807) is 37.1 Å². The van der Waals surface area contributed by atoms with E-state index in [0.29, 0.717) is 18.5 Å². The number of aliphatic hydroxyl groups is 1. The van der Waals surface area contributed by atoms with Crippen LogP contribution in [0.25, 0.3) is 5.76 Å². The van der Waals surface area contributed by atoms with Crippen LogP contribution < -0.4 is 4.74 Å². The highest BCUT2D eigenvalue weighted by molar-refractivity contribution is 6.46. The second-order valence-electron chi connectivity index (χ2n) is 7.28. The van der Waals surface area contributed by atoms with Crippen LogP contribution in [-0.4, -0.2) is 49.9 Å². The molecule has 164 valence electrons. The zero-order valence-corrected chi connectivity index (χ0v) is 17.3. The summed E-state index contributed by atoms with van der Waals surface area (Å²) in [5.41, 5.74) is 0.615. The number of halogens is 1. The van der Waals surface area contributed by atoms with Crippen molar-refractivity contribution in [3.63, 3.8) is 0 Å². The number of pyridine rings is 1. The third-order valence-electron chi connectivity index (χ3n) is 5.36. The summed E-state index contributed by atoms with van der Waals surface area (Å²) in [4.78, 5) is 35.3. The SMILES string of the molecule is COc1ccc(C(O)=C2C(=O)C(=O)N(CCCn3ccnc3)C2c2ccncc2)cc1F. The first-order valence-corrected chi connectivity index (χ1v) is 9.99. The molecule has 3 aromatic rings. The predicted molar refractivity (Wildman–Crippen MR) is 113 cm³/mol. The second-order valence-corrected chi connectivity index (χ2v) is 7.28. The van der Waals surface area contributed by atoms with Crippen molar-refractivity contribution in [1.29, 1.82) is 0 Å². The number of benzene rings is 1. The molecule has 32 heavy (non-hydrogen) atoms. The first-order valence-electron chi connectivity index (χ1n) is 9.99. The van der Waals surface area contributed by atoms with Crippen LogP contribution in [0.4, 0.5) is 4.39 Å². The zero-order valence-electron chi connectivity index (χ0n) is 17.3. The Morgan fingerprint density at radius 2 is 1.91 bits per heavy atom. The zero-order chi connectivity index (χ0) is 22.7.